The number of nitrogens with one attached hydrogen (secondary N) is 1. The Labute approximate surface area is 107 Å². The number of hydrogen-bond acceptors (Lipinski definition) is 3. The summed E-state index contributed by atoms with van der Waals surface area (Å²) in [6.07, 6.45) is 3.30. The molecule has 0 aliphatic heterocycles. The minimum absolute atomic E-state index is 0.182. The largest absolute Gasteiger partial charge is 0.306 e. The zero-order chi connectivity index (χ0) is 12.6. The third-order valence-corrected chi connectivity index (χ3v) is 4.26. The van der Waals surface area contributed by atoms with Gasteiger partial charge in [0.2, 0.25) is 0 Å². The maximum absolute atomic E-state index is 4.60. The van der Waals surface area contributed by atoms with E-state index in [1.54, 1.807) is 11.3 Å². The van der Waals surface area contributed by atoms with Crippen molar-refractivity contribution in [3.63, 3.8) is 0 Å². The van der Waals surface area contributed by atoms with Crippen molar-refractivity contribution in [3.8, 4) is 0 Å². The predicted octanol–water partition coefficient (Wildman–Crippen LogP) is 3.29. The minimum atomic E-state index is 0.182. The molecule has 4 heteroatoms. The van der Waals surface area contributed by atoms with Gasteiger partial charge in [-0.15, -0.1) is 11.3 Å². The Hall–Kier alpha value is -0.870. The molecule has 0 saturated heterocycles. The first kappa shape index (κ1) is 12.6. The molecule has 0 fully saturated rings. The summed E-state index contributed by atoms with van der Waals surface area (Å²) in [6, 6.07) is 0. The van der Waals surface area contributed by atoms with Gasteiger partial charge < -0.3 is 5.32 Å². The van der Waals surface area contributed by atoms with Crippen LogP contribution in [0.3, 0.4) is 0 Å². The molecule has 0 unspecified atom stereocenters. The Morgan fingerprint density at radius 3 is 2.76 bits per heavy atom. The smallest absolute Gasteiger partial charge is 0.194 e. The molecule has 0 aromatic carbocycles. The Morgan fingerprint density at radius 1 is 1.41 bits per heavy atom. The summed E-state index contributed by atoms with van der Waals surface area (Å²) in [5.41, 5.74) is 2.60. The second kappa shape index (κ2) is 4.42. The van der Waals surface area contributed by atoms with Crippen LogP contribution in [0.5, 0.6) is 0 Å². The van der Waals surface area contributed by atoms with Crippen molar-refractivity contribution in [1.29, 1.82) is 0 Å². The van der Waals surface area contributed by atoms with Crippen LogP contribution < -0.4 is 5.32 Å². The molecule has 0 spiro atoms. The van der Waals surface area contributed by atoms with E-state index in [9.17, 15) is 0 Å². The Morgan fingerprint density at radius 2 is 2.12 bits per heavy atom. The van der Waals surface area contributed by atoms with Crippen LogP contribution in [0.25, 0.3) is 4.96 Å². The number of fused-ring (bicyclic) bond motifs is 1. The molecule has 0 amide bonds. The molecule has 0 saturated carbocycles. The highest BCUT2D eigenvalue weighted by Crippen LogP contribution is 2.21. The van der Waals surface area contributed by atoms with Crippen LogP contribution in [0.1, 0.15) is 43.5 Å². The molecule has 0 atom stereocenters. The zero-order valence-corrected chi connectivity index (χ0v) is 12.1. The van der Waals surface area contributed by atoms with Crippen molar-refractivity contribution < 1.29 is 0 Å². The number of nitrogens with zero attached hydrogens (tertiary/aromatic N) is 2. The van der Waals surface area contributed by atoms with Gasteiger partial charge in [0.05, 0.1) is 11.4 Å². The fraction of sp³-hybridized carbons (Fsp3) is 0.615. The van der Waals surface area contributed by atoms with Crippen LogP contribution in [-0.2, 0) is 6.54 Å². The van der Waals surface area contributed by atoms with Crippen LogP contribution in [0.2, 0.25) is 0 Å². The van der Waals surface area contributed by atoms with Gasteiger partial charge in [-0.2, -0.15) is 0 Å². The van der Waals surface area contributed by atoms with Crippen molar-refractivity contribution in [2.45, 2.75) is 53.1 Å². The number of aryl methyl sites for hydroxylation is 2. The molecular weight excluding hydrogens is 230 g/mol. The highest BCUT2D eigenvalue weighted by molar-refractivity contribution is 7.17. The van der Waals surface area contributed by atoms with Gasteiger partial charge in [-0.25, -0.2) is 4.98 Å². The molecule has 1 N–H and O–H groups in total. The summed E-state index contributed by atoms with van der Waals surface area (Å²) in [5, 5.41) is 3.60. The average Bonchev–Trinajstić information content (AvgIpc) is 2.71. The number of imidazole rings is 1. The van der Waals surface area contributed by atoms with E-state index in [2.05, 4.69) is 55.5 Å². The Kier molecular flexibility index (Phi) is 3.27. The van der Waals surface area contributed by atoms with Crippen LogP contribution in [-0.4, -0.2) is 14.9 Å². The highest BCUT2D eigenvalue weighted by atomic mass is 32.1. The third kappa shape index (κ3) is 2.53. The molecule has 3 nitrogen and oxygen atoms in total. The second-order valence-corrected chi connectivity index (χ2v) is 6.44. The Balaban J connectivity index is 2.25. The van der Waals surface area contributed by atoms with Crippen molar-refractivity contribution in [2.24, 2.45) is 0 Å². The summed E-state index contributed by atoms with van der Waals surface area (Å²) in [7, 11) is 0. The van der Waals surface area contributed by atoms with E-state index in [1.165, 1.54) is 10.6 Å². The standard InChI is InChI=1S/C13H21N3S/c1-6-13(4,5)14-7-11-10(3)15-12-16(11)8-9(2)17-12/h8,14H,6-7H2,1-5H3. The first-order valence-corrected chi connectivity index (χ1v) is 6.93. The van der Waals surface area contributed by atoms with E-state index in [0.717, 1.165) is 23.6 Å². The van der Waals surface area contributed by atoms with Crippen molar-refractivity contribution in [1.82, 2.24) is 14.7 Å². The second-order valence-electron chi connectivity index (χ2n) is 5.23. The lowest BCUT2D eigenvalue weighted by molar-refractivity contribution is 0.371. The quantitative estimate of drug-likeness (QED) is 0.903. The molecule has 2 aromatic heterocycles. The monoisotopic (exact) mass is 251 g/mol. The van der Waals surface area contributed by atoms with Gasteiger partial charge in [0.1, 0.15) is 0 Å². The molecule has 2 heterocycles. The summed E-state index contributed by atoms with van der Waals surface area (Å²) in [6.45, 7) is 11.8. The van der Waals surface area contributed by atoms with Crippen molar-refractivity contribution in [3.05, 3.63) is 22.5 Å². The first-order chi connectivity index (χ1) is 7.93. The summed E-state index contributed by atoms with van der Waals surface area (Å²) in [5.74, 6) is 0. The van der Waals surface area contributed by atoms with E-state index >= 15 is 0 Å². The van der Waals surface area contributed by atoms with Gasteiger partial charge in [0, 0.05) is 23.2 Å². The topological polar surface area (TPSA) is 29.3 Å². The van der Waals surface area contributed by atoms with Gasteiger partial charge in [-0.1, -0.05) is 6.92 Å². The van der Waals surface area contributed by atoms with Gasteiger partial charge in [-0.3, -0.25) is 4.40 Å². The maximum Gasteiger partial charge on any atom is 0.194 e. The van der Waals surface area contributed by atoms with Gasteiger partial charge in [0.25, 0.3) is 0 Å². The van der Waals surface area contributed by atoms with Gasteiger partial charge in [0.15, 0.2) is 4.96 Å². The normalized spacial score (nSPS) is 12.5. The van der Waals surface area contributed by atoms with E-state index in [-0.39, 0.29) is 5.54 Å². The summed E-state index contributed by atoms with van der Waals surface area (Å²) in [4.78, 5) is 7.01. The zero-order valence-electron chi connectivity index (χ0n) is 11.3. The molecule has 2 aromatic rings. The van der Waals surface area contributed by atoms with E-state index in [0.29, 0.717) is 0 Å². The Bertz CT molecular complexity index is 522. The van der Waals surface area contributed by atoms with Crippen molar-refractivity contribution in [2.75, 3.05) is 0 Å². The SMILES string of the molecule is CCC(C)(C)NCc1c(C)nc2sc(C)cn12. The van der Waals surface area contributed by atoms with Crippen LogP contribution >= 0.6 is 11.3 Å². The maximum atomic E-state index is 4.60. The lowest BCUT2D eigenvalue weighted by atomic mass is 10.0. The van der Waals surface area contributed by atoms with E-state index < -0.39 is 0 Å². The van der Waals surface area contributed by atoms with E-state index in [1.807, 2.05) is 0 Å². The highest BCUT2D eigenvalue weighted by Gasteiger charge is 2.17. The molecule has 0 aliphatic rings. The van der Waals surface area contributed by atoms with E-state index in [4.69, 9.17) is 0 Å². The molecule has 17 heavy (non-hydrogen) atoms. The molecule has 0 bridgehead atoms. The molecule has 94 valence electrons. The molecule has 0 radical (unpaired) electrons. The van der Waals surface area contributed by atoms with Crippen LogP contribution in [0.4, 0.5) is 0 Å². The number of hydrogen-bond donors (Lipinski definition) is 1. The summed E-state index contributed by atoms with van der Waals surface area (Å²) < 4.78 is 2.22. The lowest BCUT2D eigenvalue weighted by Crippen LogP contribution is -2.38. The molecular formula is C13H21N3S. The fourth-order valence-electron chi connectivity index (χ4n) is 1.77. The number of rotatable bonds is 4. The lowest BCUT2D eigenvalue weighted by Gasteiger charge is -2.24. The summed E-state index contributed by atoms with van der Waals surface area (Å²) >= 11 is 1.75. The van der Waals surface area contributed by atoms with Crippen molar-refractivity contribution >= 4 is 16.3 Å². The van der Waals surface area contributed by atoms with Crippen LogP contribution in [0, 0.1) is 13.8 Å². The van der Waals surface area contributed by atoms with Crippen LogP contribution in [0.15, 0.2) is 6.20 Å². The fourth-order valence-corrected chi connectivity index (χ4v) is 2.66. The average molecular weight is 251 g/mol. The minimum Gasteiger partial charge on any atom is -0.306 e. The predicted molar refractivity (Wildman–Crippen MR) is 73.8 cm³/mol. The third-order valence-electron chi connectivity index (χ3n) is 3.36. The number of thiazole rings is 1. The number of aromatic nitrogens is 2. The van der Waals surface area contributed by atoms with Gasteiger partial charge >= 0.3 is 0 Å². The molecule has 0 aliphatic carbocycles. The first-order valence-electron chi connectivity index (χ1n) is 6.12. The van der Waals surface area contributed by atoms with Gasteiger partial charge in [-0.05, 0) is 34.1 Å². The molecule has 2 rings (SSSR count).